The van der Waals surface area contributed by atoms with Gasteiger partial charge in [0, 0.05) is 12.2 Å². The van der Waals surface area contributed by atoms with Crippen LogP contribution in [0.25, 0.3) is 5.82 Å². The van der Waals surface area contributed by atoms with Gasteiger partial charge < -0.3 is 5.73 Å². The fourth-order valence-electron chi connectivity index (χ4n) is 2.26. The van der Waals surface area contributed by atoms with E-state index in [4.69, 9.17) is 5.73 Å². The number of hydrogen-bond donors (Lipinski definition) is 1. The third kappa shape index (κ3) is 2.37. The van der Waals surface area contributed by atoms with Crippen molar-refractivity contribution in [2.45, 2.75) is 53.5 Å². The summed E-state index contributed by atoms with van der Waals surface area (Å²) in [6, 6.07) is 2.15. The zero-order valence-electron chi connectivity index (χ0n) is 12.3. The molecule has 0 aliphatic rings. The lowest BCUT2D eigenvalue weighted by molar-refractivity contribution is 0.568. The van der Waals surface area contributed by atoms with E-state index >= 15 is 0 Å². The molecule has 0 unspecified atom stereocenters. The van der Waals surface area contributed by atoms with Gasteiger partial charge in [-0.3, -0.25) is 0 Å². The minimum Gasteiger partial charge on any atom is -0.394 e. The van der Waals surface area contributed by atoms with Crippen molar-refractivity contribution in [2.24, 2.45) is 0 Å². The molecule has 0 saturated carbocycles. The Balaban J connectivity index is 2.59. The first-order valence-corrected chi connectivity index (χ1v) is 7.03. The summed E-state index contributed by atoms with van der Waals surface area (Å²) >= 11 is 0. The Hall–Kier alpha value is -1.78. The van der Waals surface area contributed by atoms with E-state index in [-0.39, 0.29) is 0 Å². The highest BCUT2D eigenvalue weighted by atomic mass is 15.4. The summed E-state index contributed by atoms with van der Waals surface area (Å²) in [5.74, 6) is 0.913. The van der Waals surface area contributed by atoms with Crippen molar-refractivity contribution in [3.05, 3.63) is 23.1 Å². The van der Waals surface area contributed by atoms with Crippen LogP contribution in [0.4, 0.5) is 5.69 Å². The third-order valence-corrected chi connectivity index (χ3v) is 3.34. The molecule has 2 aromatic rings. The van der Waals surface area contributed by atoms with E-state index in [1.807, 2.05) is 16.3 Å². The number of aryl methyl sites for hydroxylation is 4. The number of anilines is 1. The minimum absolute atomic E-state index is 0.730. The molecule has 0 spiro atoms. The van der Waals surface area contributed by atoms with E-state index < -0.39 is 0 Å². The molecule has 5 nitrogen and oxygen atoms in total. The Morgan fingerprint density at radius 1 is 1.16 bits per heavy atom. The highest BCUT2D eigenvalue weighted by Gasteiger charge is 2.17. The average Bonchev–Trinajstić information content (AvgIpc) is 2.92. The first-order chi connectivity index (χ1) is 9.12. The molecule has 0 fully saturated rings. The van der Waals surface area contributed by atoms with Crippen LogP contribution in [0.2, 0.25) is 0 Å². The van der Waals surface area contributed by atoms with Gasteiger partial charge in [-0.1, -0.05) is 20.8 Å². The zero-order chi connectivity index (χ0) is 14.0. The second-order valence-corrected chi connectivity index (χ2v) is 4.79. The van der Waals surface area contributed by atoms with Gasteiger partial charge in [0.1, 0.15) is 0 Å². The SMILES string of the molecule is CCCn1nc(C)c(N)c1-n1nc(CC)cc1CC. The van der Waals surface area contributed by atoms with Crippen LogP contribution >= 0.6 is 0 Å². The van der Waals surface area contributed by atoms with Crippen LogP contribution in [0.5, 0.6) is 0 Å². The molecule has 0 atom stereocenters. The smallest absolute Gasteiger partial charge is 0.175 e. The van der Waals surface area contributed by atoms with Crippen molar-refractivity contribution < 1.29 is 0 Å². The van der Waals surface area contributed by atoms with Crippen molar-refractivity contribution in [2.75, 3.05) is 5.73 Å². The van der Waals surface area contributed by atoms with E-state index in [2.05, 4.69) is 37.0 Å². The molecule has 0 radical (unpaired) electrons. The maximum atomic E-state index is 6.20. The van der Waals surface area contributed by atoms with Gasteiger partial charge in [0.15, 0.2) is 5.82 Å². The second-order valence-electron chi connectivity index (χ2n) is 4.79. The first-order valence-electron chi connectivity index (χ1n) is 7.03. The lowest BCUT2D eigenvalue weighted by atomic mass is 10.2. The van der Waals surface area contributed by atoms with Gasteiger partial charge in [-0.25, -0.2) is 9.36 Å². The molecule has 0 bridgehead atoms. The van der Waals surface area contributed by atoms with Gasteiger partial charge in [-0.2, -0.15) is 10.2 Å². The number of nitrogen functional groups attached to an aromatic ring is 1. The van der Waals surface area contributed by atoms with E-state index in [0.717, 1.165) is 48.7 Å². The van der Waals surface area contributed by atoms with E-state index in [0.29, 0.717) is 0 Å². The number of nitrogens with two attached hydrogens (primary N) is 1. The average molecular weight is 261 g/mol. The predicted molar refractivity (Wildman–Crippen MR) is 77.5 cm³/mol. The van der Waals surface area contributed by atoms with Crippen LogP contribution in [0.3, 0.4) is 0 Å². The molecule has 19 heavy (non-hydrogen) atoms. The van der Waals surface area contributed by atoms with Gasteiger partial charge in [0.25, 0.3) is 0 Å². The molecular weight excluding hydrogens is 238 g/mol. The molecule has 0 aliphatic carbocycles. The fourth-order valence-corrected chi connectivity index (χ4v) is 2.26. The summed E-state index contributed by atoms with van der Waals surface area (Å²) in [5, 5.41) is 9.18. The van der Waals surface area contributed by atoms with Crippen LogP contribution in [0.1, 0.15) is 44.3 Å². The molecular formula is C14H23N5. The van der Waals surface area contributed by atoms with Gasteiger partial charge >= 0.3 is 0 Å². The van der Waals surface area contributed by atoms with Crippen molar-refractivity contribution in [1.82, 2.24) is 19.6 Å². The molecule has 2 rings (SSSR count). The molecule has 104 valence electrons. The van der Waals surface area contributed by atoms with Crippen LogP contribution in [0, 0.1) is 6.92 Å². The molecule has 0 aromatic carbocycles. The fraction of sp³-hybridized carbons (Fsp3) is 0.571. The Kier molecular flexibility index (Phi) is 3.93. The third-order valence-electron chi connectivity index (χ3n) is 3.34. The molecule has 0 amide bonds. The largest absolute Gasteiger partial charge is 0.394 e. The van der Waals surface area contributed by atoms with Crippen LogP contribution < -0.4 is 5.73 Å². The van der Waals surface area contributed by atoms with Gasteiger partial charge in [-0.15, -0.1) is 0 Å². The Bertz CT molecular complexity index is 565. The maximum absolute atomic E-state index is 6.20. The van der Waals surface area contributed by atoms with Crippen molar-refractivity contribution in [3.8, 4) is 5.82 Å². The number of aromatic nitrogens is 4. The molecule has 5 heteroatoms. The summed E-state index contributed by atoms with van der Waals surface area (Å²) in [6.07, 6.45) is 2.89. The maximum Gasteiger partial charge on any atom is 0.175 e. The van der Waals surface area contributed by atoms with Crippen molar-refractivity contribution in [3.63, 3.8) is 0 Å². The number of rotatable bonds is 5. The van der Waals surface area contributed by atoms with Crippen LogP contribution in [0.15, 0.2) is 6.07 Å². The molecule has 2 N–H and O–H groups in total. The van der Waals surface area contributed by atoms with E-state index in [1.54, 1.807) is 0 Å². The summed E-state index contributed by atoms with van der Waals surface area (Å²) in [4.78, 5) is 0. The van der Waals surface area contributed by atoms with Gasteiger partial charge in [0.2, 0.25) is 0 Å². The highest BCUT2D eigenvalue weighted by Crippen LogP contribution is 2.23. The van der Waals surface area contributed by atoms with Crippen LogP contribution in [-0.4, -0.2) is 19.6 Å². The van der Waals surface area contributed by atoms with Gasteiger partial charge in [-0.05, 0) is 32.3 Å². The Labute approximate surface area is 114 Å². The summed E-state index contributed by atoms with van der Waals surface area (Å²) in [5.41, 5.74) is 10.1. The molecule has 2 aromatic heterocycles. The lowest BCUT2D eigenvalue weighted by Crippen LogP contribution is -2.12. The number of hydrogen-bond acceptors (Lipinski definition) is 3. The molecule has 2 heterocycles. The number of nitrogens with zero attached hydrogens (tertiary/aromatic N) is 4. The van der Waals surface area contributed by atoms with Gasteiger partial charge in [0.05, 0.1) is 17.1 Å². The normalized spacial score (nSPS) is 11.2. The lowest BCUT2D eigenvalue weighted by Gasteiger charge is -2.09. The zero-order valence-corrected chi connectivity index (χ0v) is 12.3. The standard InChI is InChI=1S/C14H23N5/c1-5-8-18-14(13(15)10(4)16-18)19-12(7-3)9-11(6-2)17-19/h9H,5-8,15H2,1-4H3. The minimum atomic E-state index is 0.730. The quantitative estimate of drug-likeness (QED) is 0.899. The summed E-state index contributed by atoms with van der Waals surface area (Å²) in [7, 11) is 0. The summed E-state index contributed by atoms with van der Waals surface area (Å²) < 4.78 is 3.93. The predicted octanol–water partition coefficient (Wildman–Crippen LogP) is 2.49. The first kappa shape index (κ1) is 13.6. The molecule has 0 aliphatic heterocycles. The monoisotopic (exact) mass is 261 g/mol. The van der Waals surface area contributed by atoms with Crippen molar-refractivity contribution in [1.29, 1.82) is 0 Å². The van der Waals surface area contributed by atoms with E-state index in [9.17, 15) is 0 Å². The van der Waals surface area contributed by atoms with Crippen molar-refractivity contribution >= 4 is 5.69 Å². The Morgan fingerprint density at radius 3 is 2.47 bits per heavy atom. The highest BCUT2D eigenvalue weighted by molar-refractivity contribution is 5.57. The second kappa shape index (κ2) is 5.47. The van der Waals surface area contributed by atoms with Crippen LogP contribution in [-0.2, 0) is 19.4 Å². The Morgan fingerprint density at radius 2 is 1.89 bits per heavy atom. The summed E-state index contributed by atoms with van der Waals surface area (Å²) in [6.45, 7) is 9.19. The molecule has 0 saturated heterocycles. The topological polar surface area (TPSA) is 61.7 Å². The van der Waals surface area contributed by atoms with E-state index in [1.165, 1.54) is 5.69 Å².